The number of fused-ring (bicyclic) bond motifs is 1. The predicted molar refractivity (Wildman–Crippen MR) is 125 cm³/mol. The van der Waals surface area contributed by atoms with Crippen LogP contribution in [0.5, 0.6) is 0 Å². The van der Waals surface area contributed by atoms with Crippen molar-refractivity contribution in [2.45, 2.75) is 65.7 Å². The Morgan fingerprint density at radius 2 is 1.74 bits per heavy atom. The second-order valence-electron chi connectivity index (χ2n) is 6.19. The van der Waals surface area contributed by atoms with Crippen molar-refractivity contribution in [2.75, 3.05) is 0 Å². The Bertz CT molecular complexity index is 396. The fourth-order valence-corrected chi connectivity index (χ4v) is 2.84. The summed E-state index contributed by atoms with van der Waals surface area (Å²) in [6, 6.07) is 0. The minimum Gasteiger partial charge on any atom is -0.358 e. The molecule has 0 spiro atoms. The zero-order chi connectivity index (χ0) is 16.3. The predicted octanol–water partition coefficient (Wildman–Crippen LogP) is 8.63. The van der Waals surface area contributed by atoms with Gasteiger partial charge in [-0.15, -0.1) is 12.8 Å². The molecule has 0 aromatic heterocycles. The van der Waals surface area contributed by atoms with Gasteiger partial charge < -0.3 is 36.6 Å². The van der Waals surface area contributed by atoms with E-state index in [0.717, 1.165) is 18.8 Å². The summed E-state index contributed by atoms with van der Waals surface area (Å²) in [5.74, 6) is 0.756. The fourth-order valence-electron chi connectivity index (χ4n) is 2.84. The quantitative estimate of drug-likeness (QED) is 0.299. The third kappa shape index (κ3) is 13.5. The molecule has 1 unspecified atom stereocenters. The minimum atomic E-state index is 0. The van der Waals surface area contributed by atoms with Crippen molar-refractivity contribution in [1.82, 2.24) is 0 Å². The normalized spacial score (nSPS) is 18.5. The van der Waals surface area contributed by atoms with E-state index in [0.29, 0.717) is 5.41 Å². The summed E-state index contributed by atoms with van der Waals surface area (Å²) in [5.41, 5.74) is 1.98. The van der Waals surface area contributed by atoms with Crippen LogP contribution in [0.3, 0.4) is 0 Å². The molecule has 0 heterocycles. The van der Waals surface area contributed by atoms with Gasteiger partial charge in [0.25, 0.3) is 0 Å². The van der Waals surface area contributed by atoms with Gasteiger partial charge in [-0.05, 0) is 5.92 Å². The van der Waals surface area contributed by atoms with Gasteiger partial charge in [0, 0.05) is 26.2 Å². The maximum absolute atomic E-state index is 3.60. The molecule has 27 heavy (non-hydrogen) atoms. The summed E-state index contributed by atoms with van der Waals surface area (Å²) in [6.45, 7) is 10.3. The van der Waals surface area contributed by atoms with Crippen LogP contribution in [-0.2, 0) is 26.2 Å². The van der Waals surface area contributed by atoms with Crippen LogP contribution in [0.1, 0.15) is 65.7 Å². The molecule has 1 fully saturated rings. The molecule has 3 aliphatic carbocycles. The van der Waals surface area contributed by atoms with E-state index in [1.165, 1.54) is 32.1 Å². The maximum atomic E-state index is 3.60. The maximum Gasteiger partial charge on any atom is 0 e. The molecule has 3 rings (SSSR count). The fraction of sp³-hybridized carbons (Fsp3) is 0.462. The van der Waals surface area contributed by atoms with Crippen molar-refractivity contribution in [3.63, 3.8) is 0 Å². The largest absolute Gasteiger partial charge is 0.358 e. The molecule has 1 atom stereocenters. The van der Waals surface area contributed by atoms with Crippen LogP contribution in [0.15, 0.2) is 42.0 Å². The van der Waals surface area contributed by atoms with Crippen molar-refractivity contribution in [2.24, 2.45) is 11.3 Å². The Morgan fingerprint density at radius 3 is 2.11 bits per heavy atom. The Kier molecular flexibility index (Phi) is 30.5. The standard InChI is InChI=1S/C13H19.C5H5.C4H9.4CH3.Zr/c1-3-13(4-2)9-8-11-6-5-7-12(11)10-13;1-2-4-5-3-1;1-3-4-2;;;;;/h7-11H,3-6H2,1-2H3;1-3H,4H2;1,3-4H2,2H3;4*1H3;/q7*-1;. The number of hydrogen-bond donors (Lipinski definition) is 0. The van der Waals surface area contributed by atoms with Gasteiger partial charge in [-0.3, -0.25) is 6.08 Å². The van der Waals surface area contributed by atoms with Crippen LogP contribution in [0.25, 0.3) is 0 Å². The molecule has 0 saturated heterocycles. The first-order valence-corrected chi connectivity index (χ1v) is 8.97. The molecular formula is C26H45Zr-7. The van der Waals surface area contributed by atoms with E-state index in [1.807, 2.05) is 12.2 Å². The summed E-state index contributed by atoms with van der Waals surface area (Å²) in [5, 5.41) is 0. The molecule has 0 radical (unpaired) electrons. The molecule has 0 nitrogen and oxygen atoms in total. The van der Waals surface area contributed by atoms with Crippen LogP contribution >= 0.6 is 0 Å². The van der Waals surface area contributed by atoms with Crippen LogP contribution in [0.2, 0.25) is 0 Å². The summed E-state index contributed by atoms with van der Waals surface area (Å²) in [7, 11) is 0. The number of hydrogen-bond acceptors (Lipinski definition) is 0. The number of allylic oxidation sites excluding steroid dienone is 8. The molecule has 1 saturated carbocycles. The first kappa shape index (κ1) is 37.5. The van der Waals surface area contributed by atoms with Crippen molar-refractivity contribution in [3.05, 3.63) is 91.2 Å². The Hall–Kier alpha value is -0.287. The van der Waals surface area contributed by atoms with E-state index >= 15 is 0 Å². The van der Waals surface area contributed by atoms with Crippen LogP contribution < -0.4 is 0 Å². The Labute approximate surface area is 193 Å². The Balaban J connectivity index is -0.0000000996. The first-order chi connectivity index (χ1) is 10.7. The second kappa shape index (κ2) is 22.0. The zero-order valence-electron chi connectivity index (χ0n) is 19.3. The number of unbranched alkanes of at least 4 members (excludes halogenated alkanes) is 1. The van der Waals surface area contributed by atoms with E-state index in [1.54, 1.807) is 5.57 Å². The van der Waals surface area contributed by atoms with Crippen molar-refractivity contribution >= 4 is 0 Å². The molecule has 1 heteroatoms. The van der Waals surface area contributed by atoms with E-state index < -0.39 is 0 Å². The van der Waals surface area contributed by atoms with Crippen LogP contribution in [-0.4, -0.2) is 0 Å². The molecule has 3 aliphatic rings. The second-order valence-corrected chi connectivity index (χ2v) is 6.19. The molecule has 0 aliphatic heterocycles. The smallest absolute Gasteiger partial charge is 0 e. The van der Waals surface area contributed by atoms with E-state index in [4.69, 9.17) is 0 Å². The molecule has 0 amide bonds. The molecule has 0 aromatic carbocycles. The molecule has 160 valence electrons. The van der Waals surface area contributed by atoms with E-state index in [-0.39, 0.29) is 55.9 Å². The van der Waals surface area contributed by atoms with Gasteiger partial charge in [0.1, 0.15) is 0 Å². The molecule has 0 aromatic rings. The van der Waals surface area contributed by atoms with Crippen LogP contribution in [0.4, 0.5) is 0 Å². The topological polar surface area (TPSA) is 0 Å². The average molecular weight is 449 g/mol. The number of rotatable bonds is 3. The zero-order valence-corrected chi connectivity index (χ0v) is 21.7. The minimum absolute atomic E-state index is 0. The summed E-state index contributed by atoms with van der Waals surface area (Å²) in [6.07, 6.45) is 27.2. The molecule has 0 N–H and O–H groups in total. The first-order valence-electron chi connectivity index (χ1n) is 8.97. The van der Waals surface area contributed by atoms with E-state index in [2.05, 4.69) is 64.5 Å². The van der Waals surface area contributed by atoms with Gasteiger partial charge in [-0.2, -0.15) is 12.5 Å². The average Bonchev–Trinajstić information content (AvgIpc) is 3.28. The third-order valence-electron chi connectivity index (χ3n) is 4.66. The van der Waals surface area contributed by atoms with Gasteiger partial charge >= 0.3 is 0 Å². The van der Waals surface area contributed by atoms with E-state index in [9.17, 15) is 0 Å². The Morgan fingerprint density at radius 1 is 1.15 bits per heavy atom. The van der Waals surface area contributed by atoms with Gasteiger partial charge in [-0.25, -0.2) is 30.2 Å². The molecule has 0 bridgehead atoms. The van der Waals surface area contributed by atoms with Gasteiger partial charge in [0.15, 0.2) is 0 Å². The SMILES string of the molecule is CCC1(CC)C=CC2CC[CH-]C2=C1.[C-]1=CC=CC1.[CH2-]CCC.[CH3-].[CH3-].[CH3-].[CH3-].[Zr]. The van der Waals surface area contributed by atoms with Gasteiger partial charge in [0.2, 0.25) is 0 Å². The third-order valence-corrected chi connectivity index (χ3v) is 4.66. The van der Waals surface area contributed by atoms with Gasteiger partial charge in [0.05, 0.1) is 0 Å². The van der Waals surface area contributed by atoms with Gasteiger partial charge in [-0.1, -0.05) is 64.0 Å². The molecular weight excluding hydrogens is 404 g/mol. The van der Waals surface area contributed by atoms with Crippen LogP contribution in [0, 0.1) is 60.5 Å². The summed E-state index contributed by atoms with van der Waals surface area (Å²) >= 11 is 0. The van der Waals surface area contributed by atoms with Crippen molar-refractivity contribution in [1.29, 1.82) is 0 Å². The van der Waals surface area contributed by atoms with Crippen molar-refractivity contribution in [3.8, 4) is 0 Å². The summed E-state index contributed by atoms with van der Waals surface area (Å²) < 4.78 is 0. The van der Waals surface area contributed by atoms with Crippen molar-refractivity contribution < 1.29 is 26.2 Å². The summed E-state index contributed by atoms with van der Waals surface area (Å²) in [4.78, 5) is 0. The monoisotopic (exact) mass is 447 g/mol.